The highest BCUT2D eigenvalue weighted by Gasteiger charge is 2.64. The molecule has 3 heteroatoms. The zero-order chi connectivity index (χ0) is 32.5. The van der Waals surface area contributed by atoms with Crippen LogP contribution in [0.3, 0.4) is 0 Å². The Balaban J connectivity index is 1.25. The van der Waals surface area contributed by atoms with Crippen LogP contribution in [0.4, 0.5) is 0 Å². The molecular weight excluding hydrogens is 562 g/mol. The minimum Gasteiger partial charge on any atom is -0.342 e. The molecule has 3 rings (SSSR count). The Morgan fingerprint density at radius 2 is 0.935 bits per heavy atom. The van der Waals surface area contributed by atoms with Gasteiger partial charge in [-0.1, -0.05) is 140 Å². The standard InChI is InChI=1S/C43H75NO2/c1-4-6-8-10-12-14-16-18-20-22-24-26-28-30-32-34-40-41(46-43(45-40)39-36-37-42(43)44(3)38-39)35-33-31-29-27-25-23-21-19-17-15-13-11-9-7-5-2/h12-15,18-21,39-42H,4-11,16-17,22-38H2,1-3H3. The minimum atomic E-state index is -0.294. The van der Waals surface area contributed by atoms with Crippen molar-refractivity contribution in [1.82, 2.24) is 4.90 Å². The van der Waals surface area contributed by atoms with Gasteiger partial charge in [0.15, 0.2) is 5.79 Å². The molecule has 3 fully saturated rings. The number of nitrogens with zero attached hydrogens (tertiary/aromatic N) is 1. The average Bonchev–Trinajstić information content (AvgIpc) is 3.68. The van der Waals surface area contributed by atoms with Gasteiger partial charge in [0.25, 0.3) is 0 Å². The second-order valence-electron chi connectivity index (χ2n) is 14.8. The van der Waals surface area contributed by atoms with Crippen LogP contribution in [0.15, 0.2) is 48.6 Å². The fourth-order valence-corrected chi connectivity index (χ4v) is 8.06. The molecule has 2 heterocycles. The van der Waals surface area contributed by atoms with E-state index in [4.69, 9.17) is 9.47 Å². The summed E-state index contributed by atoms with van der Waals surface area (Å²) in [5.74, 6) is 0.280. The van der Waals surface area contributed by atoms with Crippen LogP contribution in [0.1, 0.15) is 181 Å². The molecule has 0 aromatic rings. The van der Waals surface area contributed by atoms with Gasteiger partial charge in [-0.2, -0.15) is 0 Å². The molecule has 3 aliphatic rings. The fourth-order valence-electron chi connectivity index (χ4n) is 8.06. The number of allylic oxidation sites excluding steroid dienone is 8. The lowest BCUT2D eigenvalue weighted by Crippen LogP contribution is -2.43. The van der Waals surface area contributed by atoms with E-state index < -0.39 is 0 Å². The maximum Gasteiger partial charge on any atom is 0.188 e. The van der Waals surface area contributed by atoms with Crippen molar-refractivity contribution in [2.24, 2.45) is 5.92 Å². The highest BCUT2D eigenvalue weighted by atomic mass is 16.8. The second kappa shape index (κ2) is 24.9. The van der Waals surface area contributed by atoms with E-state index in [1.165, 1.54) is 154 Å². The van der Waals surface area contributed by atoms with Crippen molar-refractivity contribution < 1.29 is 9.47 Å². The third-order valence-electron chi connectivity index (χ3n) is 10.8. The predicted octanol–water partition coefficient (Wildman–Crippen LogP) is 12.8. The number of likely N-dealkylation sites (tertiary alicyclic amines) is 1. The summed E-state index contributed by atoms with van der Waals surface area (Å²) in [4.78, 5) is 2.52. The Labute approximate surface area is 286 Å². The van der Waals surface area contributed by atoms with Crippen LogP contribution in [0, 0.1) is 5.92 Å². The number of hydrogen-bond acceptors (Lipinski definition) is 3. The van der Waals surface area contributed by atoms with Gasteiger partial charge in [-0.15, -0.1) is 0 Å². The van der Waals surface area contributed by atoms with Crippen LogP contribution in [0.5, 0.6) is 0 Å². The quantitative estimate of drug-likeness (QED) is 0.0629. The average molecular weight is 638 g/mol. The maximum atomic E-state index is 6.98. The third-order valence-corrected chi connectivity index (χ3v) is 10.8. The Morgan fingerprint density at radius 3 is 1.33 bits per heavy atom. The molecule has 1 saturated carbocycles. The highest BCUT2D eigenvalue weighted by molar-refractivity contribution is 5.09. The zero-order valence-corrected chi connectivity index (χ0v) is 30.8. The van der Waals surface area contributed by atoms with Gasteiger partial charge in [-0.05, 0) is 96.9 Å². The van der Waals surface area contributed by atoms with Gasteiger partial charge in [0.05, 0.1) is 18.2 Å². The summed E-state index contributed by atoms with van der Waals surface area (Å²) in [6, 6.07) is 0.471. The molecule has 46 heavy (non-hydrogen) atoms. The van der Waals surface area contributed by atoms with E-state index in [9.17, 15) is 0 Å². The SMILES string of the molecule is CCCCCC=CCC=CCCCCCCCC1OC2(OC1CCCCCCCC=CCC=CCCCCC)C1CCC2N(C)C1. The first-order valence-corrected chi connectivity index (χ1v) is 20.4. The van der Waals surface area contributed by atoms with Gasteiger partial charge in [0, 0.05) is 12.5 Å². The van der Waals surface area contributed by atoms with Gasteiger partial charge < -0.3 is 9.47 Å². The molecule has 4 atom stereocenters. The summed E-state index contributed by atoms with van der Waals surface area (Å²) >= 11 is 0. The lowest BCUT2D eigenvalue weighted by Gasteiger charge is -2.29. The maximum absolute atomic E-state index is 6.98. The molecule has 1 spiro atoms. The van der Waals surface area contributed by atoms with E-state index in [1.807, 2.05) is 0 Å². The normalized spacial score (nSPS) is 26.6. The zero-order valence-electron chi connectivity index (χ0n) is 30.8. The van der Waals surface area contributed by atoms with Crippen LogP contribution in [0.2, 0.25) is 0 Å². The lowest BCUT2D eigenvalue weighted by atomic mass is 9.99. The number of unbranched alkanes of at least 4 members (excludes halogenated alkanes) is 16. The molecule has 2 bridgehead atoms. The first-order chi connectivity index (χ1) is 22.7. The predicted molar refractivity (Wildman–Crippen MR) is 200 cm³/mol. The monoisotopic (exact) mass is 638 g/mol. The summed E-state index contributed by atoms with van der Waals surface area (Å²) in [6.45, 7) is 5.69. The van der Waals surface area contributed by atoms with Gasteiger partial charge in [0.1, 0.15) is 0 Å². The van der Waals surface area contributed by atoms with E-state index in [0.29, 0.717) is 24.2 Å². The van der Waals surface area contributed by atoms with Crippen molar-refractivity contribution in [3.8, 4) is 0 Å². The van der Waals surface area contributed by atoms with Gasteiger partial charge in [-0.3, -0.25) is 4.90 Å². The highest BCUT2D eigenvalue weighted by Crippen LogP contribution is 2.53. The smallest absolute Gasteiger partial charge is 0.188 e. The van der Waals surface area contributed by atoms with E-state index in [1.54, 1.807) is 0 Å². The fraction of sp³-hybridized carbons (Fsp3) is 0.814. The summed E-state index contributed by atoms with van der Waals surface area (Å²) in [7, 11) is 2.28. The number of hydrogen-bond donors (Lipinski definition) is 0. The Hall–Kier alpha value is -1.16. The van der Waals surface area contributed by atoms with E-state index >= 15 is 0 Å². The van der Waals surface area contributed by atoms with Gasteiger partial charge >= 0.3 is 0 Å². The van der Waals surface area contributed by atoms with Crippen molar-refractivity contribution in [3.63, 3.8) is 0 Å². The molecule has 0 aromatic heterocycles. The van der Waals surface area contributed by atoms with E-state index in [0.717, 1.165) is 19.4 Å². The topological polar surface area (TPSA) is 21.7 Å². The van der Waals surface area contributed by atoms with E-state index in [2.05, 4.69) is 74.4 Å². The lowest BCUT2D eigenvalue weighted by molar-refractivity contribution is -0.196. The third kappa shape index (κ3) is 14.5. The molecule has 0 aromatic carbocycles. The first-order valence-electron chi connectivity index (χ1n) is 20.4. The van der Waals surface area contributed by atoms with Gasteiger partial charge in [-0.25, -0.2) is 0 Å². The van der Waals surface area contributed by atoms with Crippen LogP contribution >= 0.6 is 0 Å². The summed E-state index contributed by atoms with van der Waals surface area (Å²) < 4.78 is 14.0. The molecular formula is C43H75NO2. The molecule has 0 N–H and O–H groups in total. The molecule has 264 valence electrons. The van der Waals surface area contributed by atoms with Crippen LogP contribution in [-0.2, 0) is 9.47 Å². The first kappa shape index (κ1) is 39.3. The summed E-state index contributed by atoms with van der Waals surface area (Å²) in [5, 5.41) is 0. The Bertz CT molecular complexity index is 805. The molecule has 2 aliphatic heterocycles. The largest absolute Gasteiger partial charge is 0.342 e. The minimum absolute atomic E-state index is 0.294. The van der Waals surface area contributed by atoms with Crippen molar-refractivity contribution in [1.29, 1.82) is 0 Å². The van der Waals surface area contributed by atoms with Crippen molar-refractivity contribution >= 4 is 0 Å². The molecule has 0 radical (unpaired) electrons. The second-order valence-corrected chi connectivity index (χ2v) is 14.8. The van der Waals surface area contributed by atoms with Crippen LogP contribution in [-0.4, -0.2) is 42.5 Å². The summed E-state index contributed by atoms with van der Waals surface area (Å²) in [6.07, 6.45) is 52.9. The van der Waals surface area contributed by atoms with Crippen LogP contribution < -0.4 is 0 Å². The van der Waals surface area contributed by atoms with Gasteiger partial charge in [0.2, 0.25) is 0 Å². The molecule has 2 saturated heterocycles. The molecule has 1 aliphatic carbocycles. The molecule has 4 unspecified atom stereocenters. The van der Waals surface area contributed by atoms with Crippen molar-refractivity contribution in [3.05, 3.63) is 48.6 Å². The van der Waals surface area contributed by atoms with E-state index in [-0.39, 0.29) is 5.79 Å². The van der Waals surface area contributed by atoms with Crippen LogP contribution in [0.25, 0.3) is 0 Å². The number of likely N-dealkylation sites (N-methyl/N-ethyl adjacent to an activating group) is 1. The van der Waals surface area contributed by atoms with Crippen molar-refractivity contribution in [2.45, 2.75) is 205 Å². The number of piperidine rings is 1. The summed E-state index contributed by atoms with van der Waals surface area (Å²) in [5.41, 5.74) is 0. The number of ether oxygens (including phenoxy) is 2. The molecule has 0 amide bonds. The number of rotatable bonds is 28. The Morgan fingerprint density at radius 1 is 0.522 bits per heavy atom. The Kier molecular flexibility index (Phi) is 21.3. The van der Waals surface area contributed by atoms with Crippen molar-refractivity contribution in [2.75, 3.05) is 13.6 Å². The molecule has 3 nitrogen and oxygen atoms in total.